The van der Waals surface area contributed by atoms with Crippen LogP contribution in [0.2, 0.25) is 0 Å². The van der Waals surface area contributed by atoms with Crippen molar-refractivity contribution in [2.24, 2.45) is 0 Å². The molecule has 20 heavy (non-hydrogen) atoms. The number of hydrogen-bond donors (Lipinski definition) is 2. The zero-order valence-electron chi connectivity index (χ0n) is 11.5. The molecule has 5 heteroatoms. The molecule has 2 unspecified atom stereocenters. The maximum atomic E-state index is 11.7. The van der Waals surface area contributed by atoms with Gasteiger partial charge in [0, 0.05) is 37.9 Å². The molecule has 3 aliphatic rings. The van der Waals surface area contributed by atoms with Crippen LogP contribution >= 0.6 is 0 Å². The highest BCUT2D eigenvalue weighted by molar-refractivity contribution is 5.77. The minimum Gasteiger partial charge on any atom is -0.399 e. The molecule has 106 valence electrons. The van der Waals surface area contributed by atoms with Gasteiger partial charge in [-0.2, -0.15) is 0 Å². The monoisotopic (exact) mass is 272 g/mol. The van der Waals surface area contributed by atoms with Crippen molar-refractivity contribution >= 4 is 11.7 Å². The van der Waals surface area contributed by atoms with Gasteiger partial charge in [0.2, 0.25) is 0 Å². The van der Waals surface area contributed by atoms with Crippen LogP contribution in [0.5, 0.6) is 0 Å². The van der Waals surface area contributed by atoms with E-state index in [4.69, 9.17) is 5.73 Å². The third-order valence-corrected chi connectivity index (χ3v) is 4.92. The molecule has 2 amide bonds. The summed E-state index contributed by atoms with van der Waals surface area (Å²) in [7, 11) is 0. The molecule has 1 aromatic rings. The van der Waals surface area contributed by atoms with E-state index in [9.17, 15) is 4.79 Å². The number of carbonyl (C=O) groups is 1. The summed E-state index contributed by atoms with van der Waals surface area (Å²) in [6.45, 7) is 3.58. The second-order valence-electron chi connectivity index (χ2n) is 6.04. The van der Waals surface area contributed by atoms with Gasteiger partial charge in [-0.15, -0.1) is 0 Å². The standard InChI is InChI=1S/C15H20N4O/c16-11-2-3-13-10(7-11)1-4-14(13)18-5-6-19-12(9-18)8-17-15(19)20/h2-3,7,12,14H,1,4-6,8-9,16H2,(H,17,20). The Morgan fingerprint density at radius 1 is 1.30 bits per heavy atom. The topological polar surface area (TPSA) is 61.6 Å². The van der Waals surface area contributed by atoms with Gasteiger partial charge < -0.3 is 16.0 Å². The van der Waals surface area contributed by atoms with E-state index in [0.29, 0.717) is 12.1 Å². The number of benzene rings is 1. The largest absolute Gasteiger partial charge is 0.399 e. The summed E-state index contributed by atoms with van der Waals surface area (Å²) in [6.07, 6.45) is 2.29. The smallest absolute Gasteiger partial charge is 0.317 e. The van der Waals surface area contributed by atoms with Crippen LogP contribution in [0.1, 0.15) is 23.6 Å². The number of anilines is 1. The second-order valence-corrected chi connectivity index (χ2v) is 6.04. The summed E-state index contributed by atoms with van der Waals surface area (Å²) in [6, 6.07) is 7.26. The first kappa shape index (κ1) is 12.0. The van der Waals surface area contributed by atoms with Crippen molar-refractivity contribution in [2.75, 3.05) is 31.9 Å². The molecule has 1 aromatic carbocycles. The number of hydrogen-bond acceptors (Lipinski definition) is 3. The van der Waals surface area contributed by atoms with Gasteiger partial charge in [0.1, 0.15) is 0 Å². The zero-order chi connectivity index (χ0) is 13.7. The molecule has 2 fully saturated rings. The Labute approximate surface area is 118 Å². The summed E-state index contributed by atoms with van der Waals surface area (Å²) >= 11 is 0. The average Bonchev–Trinajstić information content (AvgIpc) is 3.02. The van der Waals surface area contributed by atoms with Crippen molar-refractivity contribution in [3.05, 3.63) is 29.3 Å². The van der Waals surface area contributed by atoms with Gasteiger partial charge in [-0.1, -0.05) is 6.07 Å². The lowest BCUT2D eigenvalue weighted by atomic mass is 10.0. The van der Waals surface area contributed by atoms with Gasteiger partial charge in [-0.25, -0.2) is 4.79 Å². The van der Waals surface area contributed by atoms with E-state index in [1.165, 1.54) is 17.5 Å². The maximum absolute atomic E-state index is 11.7. The molecule has 3 N–H and O–H groups in total. The van der Waals surface area contributed by atoms with Crippen LogP contribution < -0.4 is 11.1 Å². The van der Waals surface area contributed by atoms with Crippen molar-refractivity contribution < 1.29 is 4.79 Å². The maximum Gasteiger partial charge on any atom is 0.317 e. The van der Waals surface area contributed by atoms with E-state index in [1.807, 2.05) is 11.0 Å². The summed E-state index contributed by atoms with van der Waals surface area (Å²) in [4.78, 5) is 16.2. The number of nitrogens with two attached hydrogens (primary N) is 1. The SMILES string of the molecule is Nc1ccc2c(c1)CCC2N1CCN2C(=O)NCC2C1. The second kappa shape index (κ2) is 4.38. The fourth-order valence-corrected chi connectivity index (χ4v) is 3.91. The number of amides is 2. The van der Waals surface area contributed by atoms with E-state index in [0.717, 1.165) is 38.3 Å². The first-order chi connectivity index (χ1) is 9.72. The fraction of sp³-hybridized carbons (Fsp3) is 0.533. The molecule has 2 aliphatic heterocycles. The van der Waals surface area contributed by atoms with E-state index in [1.54, 1.807) is 0 Å². The summed E-state index contributed by atoms with van der Waals surface area (Å²) < 4.78 is 0. The van der Waals surface area contributed by atoms with Crippen molar-refractivity contribution in [3.8, 4) is 0 Å². The summed E-state index contributed by atoms with van der Waals surface area (Å²) in [5.74, 6) is 0. The normalized spacial score (nSPS) is 29.2. The van der Waals surface area contributed by atoms with Crippen LogP contribution in [0.4, 0.5) is 10.5 Å². The molecule has 0 spiro atoms. The molecule has 0 bridgehead atoms. The van der Waals surface area contributed by atoms with Crippen LogP contribution in [0.15, 0.2) is 18.2 Å². The number of fused-ring (bicyclic) bond motifs is 2. The van der Waals surface area contributed by atoms with Gasteiger partial charge in [0.05, 0.1) is 6.04 Å². The average molecular weight is 272 g/mol. The van der Waals surface area contributed by atoms with Crippen LogP contribution in [0, 0.1) is 0 Å². The molecule has 4 rings (SSSR count). The Kier molecular flexibility index (Phi) is 2.63. The van der Waals surface area contributed by atoms with Crippen LogP contribution in [-0.4, -0.2) is 48.1 Å². The lowest BCUT2D eigenvalue weighted by molar-refractivity contribution is 0.0881. The quantitative estimate of drug-likeness (QED) is 0.749. The molecule has 0 aromatic heterocycles. The van der Waals surface area contributed by atoms with Crippen molar-refractivity contribution in [3.63, 3.8) is 0 Å². The van der Waals surface area contributed by atoms with Crippen LogP contribution in [0.25, 0.3) is 0 Å². The van der Waals surface area contributed by atoms with Crippen molar-refractivity contribution in [1.82, 2.24) is 15.1 Å². The van der Waals surface area contributed by atoms with Gasteiger partial charge in [0.25, 0.3) is 0 Å². The third-order valence-electron chi connectivity index (χ3n) is 4.92. The molecule has 5 nitrogen and oxygen atoms in total. The van der Waals surface area contributed by atoms with Crippen LogP contribution in [-0.2, 0) is 6.42 Å². The Bertz CT molecular complexity index is 559. The molecule has 2 heterocycles. The fourth-order valence-electron chi connectivity index (χ4n) is 3.91. The summed E-state index contributed by atoms with van der Waals surface area (Å²) in [5.41, 5.74) is 9.57. The van der Waals surface area contributed by atoms with Gasteiger partial charge >= 0.3 is 6.03 Å². The number of carbonyl (C=O) groups excluding carboxylic acids is 1. The van der Waals surface area contributed by atoms with Crippen molar-refractivity contribution in [1.29, 1.82) is 0 Å². The van der Waals surface area contributed by atoms with E-state index < -0.39 is 0 Å². The number of urea groups is 1. The number of piperazine rings is 1. The number of nitrogens with one attached hydrogen (secondary N) is 1. The third kappa shape index (κ3) is 1.77. The Balaban J connectivity index is 1.55. The highest BCUT2D eigenvalue weighted by Gasteiger charge is 2.39. The minimum atomic E-state index is 0.106. The lowest BCUT2D eigenvalue weighted by Crippen LogP contribution is -2.52. The van der Waals surface area contributed by atoms with Crippen LogP contribution in [0.3, 0.4) is 0 Å². The molecule has 2 saturated heterocycles. The summed E-state index contributed by atoms with van der Waals surface area (Å²) in [5, 5.41) is 2.94. The minimum absolute atomic E-state index is 0.106. The number of nitrogen functional groups attached to an aromatic ring is 1. The Morgan fingerprint density at radius 2 is 2.20 bits per heavy atom. The highest BCUT2D eigenvalue weighted by Crippen LogP contribution is 2.37. The molecule has 0 radical (unpaired) electrons. The predicted molar refractivity (Wildman–Crippen MR) is 77.4 cm³/mol. The lowest BCUT2D eigenvalue weighted by Gasteiger charge is -2.40. The molecule has 0 saturated carbocycles. The molecular formula is C15H20N4O. The highest BCUT2D eigenvalue weighted by atomic mass is 16.2. The predicted octanol–water partition coefficient (Wildman–Crippen LogP) is 0.965. The number of rotatable bonds is 1. The zero-order valence-corrected chi connectivity index (χ0v) is 11.5. The van der Waals surface area contributed by atoms with E-state index in [2.05, 4.69) is 22.3 Å². The number of nitrogens with zero attached hydrogens (tertiary/aromatic N) is 2. The first-order valence-corrected chi connectivity index (χ1v) is 7.39. The van der Waals surface area contributed by atoms with Gasteiger partial charge in [0.15, 0.2) is 0 Å². The molecule has 2 atom stereocenters. The first-order valence-electron chi connectivity index (χ1n) is 7.39. The Hall–Kier alpha value is -1.75. The van der Waals surface area contributed by atoms with Gasteiger partial charge in [-0.3, -0.25) is 4.90 Å². The number of aryl methyl sites for hydroxylation is 1. The van der Waals surface area contributed by atoms with Gasteiger partial charge in [-0.05, 0) is 36.1 Å². The van der Waals surface area contributed by atoms with Crippen molar-refractivity contribution in [2.45, 2.75) is 24.9 Å². The molecular weight excluding hydrogens is 252 g/mol. The molecule has 1 aliphatic carbocycles. The van der Waals surface area contributed by atoms with E-state index >= 15 is 0 Å². The Morgan fingerprint density at radius 3 is 3.10 bits per heavy atom. The van der Waals surface area contributed by atoms with E-state index in [-0.39, 0.29) is 6.03 Å².